The van der Waals surface area contributed by atoms with Crippen LogP contribution in [0.25, 0.3) is 0 Å². The van der Waals surface area contributed by atoms with Crippen LogP contribution in [-0.4, -0.2) is 17.5 Å². The summed E-state index contributed by atoms with van der Waals surface area (Å²) in [6.07, 6.45) is 1.57. The zero-order valence-corrected chi connectivity index (χ0v) is 6.94. The molecule has 0 aliphatic carbocycles. The predicted molar refractivity (Wildman–Crippen MR) is 48.1 cm³/mol. The molecule has 2 heterocycles. The molecular weight excluding hydrogens is 170 g/mol. The largest absolute Gasteiger partial charge is 0.379 e. The van der Waals surface area contributed by atoms with Crippen molar-refractivity contribution in [1.82, 2.24) is 9.91 Å². The predicted octanol–water partition coefficient (Wildman–Crippen LogP) is -2.47. The number of hydrogen-bond acceptors (Lipinski definition) is 7. The number of hydrogen-bond donors (Lipinski definition) is 4. The van der Waals surface area contributed by atoms with Crippen LogP contribution in [0.3, 0.4) is 0 Å². The van der Waals surface area contributed by atoms with Crippen LogP contribution < -0.4 is 27.9 Å². The molecule has 2 aliphatic heterocycles. The van der Waals surface area contributed by atoms with Gasteiger partial charge in [-0.25, -0.2) is 5.84 Å². The molecule has 0 spiro atoms. The minimum Gasteiger partial charge on any atom is -0.379 e. The highest BCUT2D eigenvalue weighted by Gasteiger charge is 2.42. The van der Waals surface area contributed by atoms with E-state index in [9.17, 15) is 0 Å². The fourth-order valence-electron chi connectivity index (χ4n) is 1.38. The summed E-state index contributed by atoms with van der Waals surface area (Å²) in [5.74, 6) is 6.63. The molecule has 69 valence electrons. The van der Waals surface area contributed by atoms with Gasteiger partial charge in [-0.3, -0.25) is 0 Å². The molecule has 8 N–H and O–H groups in total. The molecule has 0 amide bonds. The Morgan fingerprint density at radius 3 is 2.77 bits per heavy atom. The number of hydrazine groups is 1. The van der Waals surface area contributed by atoms with Crippen molar-refractivity contribution in [3.05, 3.63) is 23.5 Å². The monoisotopic (exact) mass is 181 g/mol. The van der Waals surface area contributed by atoms with Gasteiger partial charge in [-0.2, -0.15) is 4.99 Å². The Kier molecular flexibility index (Phi) is 1.44. The highest BCUT2D eigenvalue weighted by Crippen LogP contribution is 2.19. The topological polar surface area (TPSA) is 126 Å². The van der Waals surface area contributed by atoms with Crippen LogP contribution in [0.15, 0.2) is 28.5 Å². The smallest absolute Gasteiger partial charge is 0.364 e. The molecule has 0 aromatic rings. The number of guanidine groups is 1. The summed E-state index contributed by atoms with van der Waals surface area (Å²) in [5, 5.41) is 1.43. The molecule has 0 saturated carbocycles. The summed E-state index contributed by atoms with van der Waals surface area (Å²) >= 11 is 0. The zero-order chi connectivity index (χ0) is 9.59. The highest BCUT2D eigenvalue weighted by atomic mass is 15.5. The first-order valence-corrected chi connectivity index (χ1v) is 3.71. The second-order valence-electron chi connectivity index (χ2n) is 2.86. The third-order valence-corrected chi connectivity index (χ3v) is 1.92. The van der Waals surface area contributed by atoms with Crippen molar-refractivity contribution in [2.45, 2.75) is 0 Å². The van der Waals surface area contributed by atoms with Gasteiger partial charge < -0.3 is 22.2 Å². The lowest BCUT2D eigenvalue weighted by molar-refractivity contribution is 0.381. The number of rotatable bonds is 0. The van der Waals surface area contributed by atoms with Crippen LogP contribution in [0.5, 0.6) is 0 Å². The van der Waals surface area contributed by atoms with Gasteiger partial charge in [0.1, 0.15) is 12.7 Å². The number of fused-ring (bicyclic) bond motifs is 1. The minimum absolute atomic E-state index is 0.286. The lowest BCUT2D eigenvalue weighted by Crippen LogP contribution is -2.49. The van der Waals surface area contributed by atoms with E-state index < -0.39 is 0 Å². The molecular formula is C6H11N7+. The van der Waals surface area contributed by atoms with Gasteiger partial charge in [-0.05, 0) is 4.90 Å². The fraction of sp³-hybridized carbons (Fsp3) is 0.167. The maximum absolute atomic E-state index is 5.68. The molecule has 2 rings (SSSR count). The van der Waals surface area contributed by atoms with E-state index in [-0.39, 0.29) is 5.96 Å². The van der Waals surface area contributed by atoms with Gasteiger partial charge >= 0.3 is 5.96 Å². The second kappa shape index (κ2) is 2.38. The maximum atomic E-state index is 5.68. The Labute approximate surface area is 74.9 Å². The van der Waals surface area contributed by atoms with Crippen LogP contribution in [0.4, 0.5) is 0 Å². The molecule has 0 fully saturated rings. The quantitative estimate of drug-likeness (QED) is 0.243. The first-order chi connectivity index (χ1) is 6.09. The van der Waals surface area contributed by atoms with Crippen molar-refractivity contribution in [2.24, 2.45) is 28.0 Å². The van der Waals surface area contributed by atoms with E-state index in [4.69, 9.17) is 23.0 Å². The summed E-state index contributed by atoms with van der Waals surface area (Å²) in [4.78, 5) is 5.48. The first-order valence-electron chi connectivity index (χ1n) is 3.71. The van der Waals surface area contributed by atoms with E-state index in [2.05, 4.69) is 4.99 Å². The Bertz CT molecular complexity index is 339. The van der Waals surface area contributed by atoms with Crippen molar-refractivity contribution < 1.29 is 0 Å². The Balaban J connectivity index is 2.45. The molecule has 7 nitrogen and oxygen atoms in total. The van der Waals surface area contributed by atoms with E-state index in [1.54, 1.807) is 11.1 Å². The molecule has 7 heteroatoms. The first kappa shape index (κ1) is 7.90. The highest BCUT2D eigenvalue weighted by molar-refractivity contribution is 5.88. The standard InChI is InChI=1S/C6H11N7/c7-4-2-12(10)1-3-5(8)11-6(9)13(3)4/h2H,1,7-8,10H2,(H2,9,11)/q+1. The van der Waals surface area contributed by atoms with Gasteiger partial charge in [0.15, 0.2) is 5.82 Å². The Morgan fingerprint density at radius 1 is 1.38 bits per heavy atom. The molecule has 0 bridgehead atoms. The van der Waals surface area contributed by atoms with E-state index in [1.807, 2.05) is 0 Å². The molecule has 0 unspecified atom stereocenters. The van der Waals surface area contributed by atoms with Crippen molar-refractivity contribution in [3.63, 3.8) is 0 Å². The molecule has 0 aromatic heterocycles. The molecule has 13 heavy (non-hydrogen) atoms. The third kappa shape index (κ3) is 1.02. The van der Waals surface area contributed by atoms with Gasteiger partial charge in [0.2, 0.25) is 5.70 Å². The second-order valence-corrected chi connectivity index (χ2v) is 2.86. The van der Waals surface area contributed by atoms with Gasteiger partial charge in [0, 0.05) is 0 Å². The zero-order valence-electron chi connectivity index (χ0n) is 6.94. The van der Waals surface area contributed by atoms with Gasteiger partial charge in [-0.15, -0.1) is 0 Å². The van der Waals surface area contributed by atoms with Crippen molar-refractivity contribution in [3.8, 4) is 0 Å². The summed E-state index contributed by atoms with van der Waals surface area (Å²) in [7, 11) is 0. The molecule has 0 atom stereocenters. The number of nitrogens with zero attached hydrogens (tertiary/aromatic N) is 3. The molecule has 1 radical (unpaired) electrons. The van der Waals surface area contributed by atoms with Crippen molar-refractivity contribution in [1.29, 1.82) is 0 Å². The lowest BCUT2D eigenvalue weighted by atomic mass is 10.3. The lowest BCUT2D eigenvalue weighted by Gasteiger charge is -2.19. The summed E-state index contributed by atoms with van der Waals surface area (Å²) in [6.45, 7) is 0.455. The third-order valence-electron chi connectivity index (χ3n) is 1.92. The fourth-order valence-corrected chi connectivity index (χ4v) is 1.38. The SMILES string of the molecule is NC1=CN(N)CC2=C(N)N=C(N)[N+]12. The molecule has 0 aromatic carbocycles. The van der Waals surface area contributed by atoms with Gasteiger partial charge in [-0.1, -0.05) is 0 Å². The molecule has 2 aliphatic rings. The van der Waals surface area contributed by atoms with Crippen LogP contribution in [0.1, 0.15) is 0 Å². The minimum atomic E-state index is 0.286. The van der Waals surface area contributed by atoms with E-state index >= 15 is 0 Å². The number of aliphatic imine (C=N–C) groups is 1. The van der Waals surface area contributed by atoms with Crippen LogP contribution in [-0.2, 0) is 0 Å². The van der Waals surface area contributed by atoms with Crippen LogP contribution >= 0.6 is 0 Å². The van der Waals surface area contributed by atoms with E-state index in [0.717, 1.165) is 5.70 Å². The van der Waals surface area contributed by atoms with Gasteiger partial charge in [0.05, 0.1) is 0 Å². The maximum Gasteiger partial charge on any atom is 0.364 e. The molecule has 0 saturated heterocycles. The van der Waals surface area contributed by atoms with E-state index in [1.165, 1.54) is 5.01 Å². The van der Waals surface area contributed by atoms with Crippen LogP contribution in [0, 0.1) is 0 Å². The number of nitrogens with two attached hydrogens (primary N) is 4. The average molecular weight is 181 g/mol. The normalized spacial score (nSPS) is 23.0. The average Bonchev–Trinajstić information content (AvgIpc) is 2.27. The summed E-state index contributed by atoms with van der Waals surface area (Å²) < 4.78 is 0. The van der Waals surface area contributed by atoms with Gasteiger partial charge in [0.25, 0.3) is 5.82 Å². The summed E-state index contributed by atoms with van der Waals surface area (Å²) in [5.41, 5.74) is 17.6. The van der Waals surface area contributed by atoms with E-state index in [0.29, 0.717) is 18.2 Å². The van der Waals surface area contributed by atoms with Crippen molar-refractivity contribution >= 4 is 5.96 Å². The van der Waals surface area contributed by atoms with Crippen LogP contribution in [0.2, 0.25) is 0 Å². The summed E-state index contributed by atoms with van der Waals surface area (Å²) in [6, 6.07) is 0. The van der Waals surface area contributed by atoms with Crippen molar-refractivity contribution in [2.75, 3.05) is 6.54 Å². The Morgan fingerprint density at radius 2 is 2.08 bits per heavy atom. The Hall–Kier alpha value is -1.73.